The van der Waals surface area contributed by atoms with Gasteiger partial charge < -0.3 is 10.1 Å². The molecule has 5 nitrogen and oxygen atoms in total. The first-order valence-electron chi connectivity index (χ1n) is 11.0. The number of nitrogens with one attached hydrogen (secondary N) is 1. The van der Waals surface area contributed by atoms with Crippen LogP contribution in [0.5, 0.6) is 0 Å². The maximum atomic E-state index is 13.1. The Labute approximate surface area is 182 Å². The van der Waals surface area contributed by atoms with Gasteiger partial charge in [0.25, 0.3) is 0 Å². The number of esters is 1. The lowest BCUT2D eigenvalue weighted by Gasteiger charge is -2.32. The zero-order valence-corrected chi connectivity index (χ0v) is 18.4. The van der Waals surface area contributed by atoms with E-state index in [1.54, 1.807) is 11.3 Å². The Bertz CT molecular complexity index is 893. The number of aryl methyl sites for hydroxylation is 1. The third-order valence-electron chi connectivity index (χ3n) is 6.01. The van der Waals surface area contributed by atoms with Crippen molar-refractivity contribution in [2.24, 2.45) is 5.92 Å². The molecule has 1 N–H and O–H groups in total. The average molecular weight is 427 g/mol. The lowest BCUT2D eigenvalue weighted by atomic mass is 9.95. The first-order valence-corrected chi connectivity index (χ1v) is 11.9. The van der Waals surface area contributed by atoms with Crippen molar-refractivity contribution < 1.29 is 14.3 Å². The van der Waals surface area contributed by atoms with Crippen LogP contribution in [0.3, 0.4) is 0 Å². The number of thiophene rings is 1. The normalized spacial score (nSPS) is 19.2. The van der Waals surface area contributed by atoms with Gasteiger partial charge in [-0.05, 0) is 63.1 Å². The predicted molar refractivity (Wildman–Crippen MR) is 120 cm³/mol. The minimum Gasteiger partial charge on any atom is -0.462 e. The van der Waals surface area contributed by atoms with Crippen LogP contribution in [-0.2, 0) is 28.9 Å². The van der Waals surface area contributed by atoms with Crippen LogP contribution in [0.15, 0.2) is 30.3 Å². The largest absolute Gasteiger partial charge is 0.462 e. The maximum absolute atomic E-state index is 13.1. The lowest BCUT2D eigenvalue weighted by Crippen LogP contribution is -2.40. The molecule has 2 aliphatic rings. The third kappa shape index (κ3) is 4.76. The number of fused-ring (bicyclic) bond motifs is 1. The number of anilines is 1. The number of benzene rings is 1. The topological polar surface area (TPSA) is 58.6 Å². The van der Waals surface area contributed by atoms with Gasteiger partial charge >= 0.3 is 5.97 Å². The summed E-state index contributed by atoms with van der Waals surface area (Å²) in [5.41, 5.74) is 2.96. The van der Waals surface area contributed by atoms with E-state index >= 15 is 0 Å². The summed E-state index contributed by atoms with van der Waals surface area (Å²) in [6, 6.07) is 10.4. The zero-order chi connectivity index (χ0) is 20.9. The van der Waals surface area contributed by atoms with Crippen LogP contribution in [-0.4, -0.2) is 36.5 Å². The summed E-state index contributed by atoms with van der Waals surface area (Å²) in [5, 5.41) is 3.80. The van der Waals surface area contributed by atoms with Gasteiger partial charge in [-0.15, -0.1) is 11.3 Å². The van der Waals surface area contributed by atoms with Crippen LogP contribution in [0.4, 0.5) is 5.00 Å². The molecule has 1 atom stereocenters. The number of piperidine rings is 1. The number of hydrogen-bond acceptors (Lipinski definition) is 5. The van der Waals surface area contributed by atoms with Crippen molar-refractivity contribution in [2.45, 2.75) is 52.0 Å². The Balaban J connectivity index is 1.46. The van der Waals surface area contributed by atoms with Crippen molar-refractivity contribution in [3.63, 3.8) is 0 Å². The predicted octanol–water partition coefficient (Wildman–Crippen LogP) is 4.65. The van der Waals surface area contributed by atoms with Crippen LogP contribution in [0, 0.1) is 5.92 Å². The highest BCUT2D eigenvalue weighted by atomic mass is 32.1. The highest BCUT2D eigenvalue weighted by Gasteiger charge is 2.30. The molecule has 160 valence electrons. The Morgan fingerprint density at radius 2 is 1.97 bits per heavy atom. The summed E-state index contributed by atoms with van der Waals surface area (Å²) in [4.78, 5) is 29.4. The van der Waals surface area contributed by atoms with E-state index in [4.69, 9.17) is 4.74 Å². The second-order valence-electron chi connectivity index (χ2n) is 8.18. The van der Waals surface area contributed by atoms with Crippen molar-refractivity contribution in [3.05, 3.63) is 51.9 Å². The van der Waals surface area contributed by atoms with Gasteiger partial charge in [-0.3, -0.25) is 9.69 Å². The molecule has 2 heterocycles. The number of ether oxygens (including phenoxy) is 1. The number of hydrogen-bond donors (Lipinski definition) is 1. The van der Waals surface area contributed by atoms with Gasteiger partial charge in [0, 0.05) is 18.0 Å². The minimum atomic E-state index is -0.304. The monoisotopic (exact) mass is 426 g/mol. The summed E-state index contributed by atoms with van der Waals surface area (Å²) in [7, 11) is 0. The third-order valence-corrected chi connectivity index (χ3v) is 7.22. The molecule has 4 rings (SSSR count). The number of carbonyl (C=O) groups excluding carboxylic acids is 2. The van der Waals surface area contributed by atoms with Crippen LogP contribution in [0.25, 0.3) is 0 Å². The highest BCUT2D eigenvalue weighted by Crippen LogP contribution is 2.39. The number of likely N-dealkylation sites (tertiary alicyclic amines) is 1. The molecule has 0 saturated carbocycles. The molecular weight excluding hydrogens is 396 g/mol. The van der Waals surface area contributed by atoms with Crippen LogP contribution >= 0.6 is 11.3 Å². The Morgan fingerprint density at radius 1 is 1.17 bits per heavy atom. The van der Waals surface area contributed by atoms with E-state index < -0.39 is 0 Å². The van der Waals surface area contributed by atoms with Crippen LogP contribution < -0.4 is 5.32 Å². The second-order valence-corrected chi connectivity index (χ2v) is 9.29. The summed E-state index contributed by atoms with van der Waals surface area (Å²) in [5.74, 6) is -0.338. The zero-order valence-electron chi connectivity index (χ0n) is 17.6. The van der Waals surface area contributed by atoms with Crippen molar-refractivity contribution in [3.8, 4) is 0 Å². The van der Waals surface area contributed by atoms with Gasteiger partial charge in [0.05, 0.1) is 18.1 Å². The molecule has 1 fully saturated rings. The van der Waals surface area contributed by atoms with E-state index in [1.807, 2.05) is 13.0 Å². The average Bonchev–Trinajstić information content (AvgIpc) is 3.12. The standard InChI is InChI=1S/C24H30N2O3S/c1-2-29-24(28)21-19-12-6-7-13-20(19)30-23(21)25-22(27)18-11-8-14-26(16-18)15-17-9-4-3-5-10-17/h3-5,9-10,18H,2,6-8,11-16H2,1H3,(H,25,27). The first kappa shape index (κ1) is 21.1. The molecule has 1 unspecified atom stereocenters. The first-order chi connectivity index (χ1) is 14.7. The molecule has 1 saturated heterocycles. The summed E-state index contributed by atoms with van der Waals surface area (Å²) in [6.45, 7) is 4.79. The fourth-order valence-electron chi connectivity index (χ4n) is 4.54. The molecule has 1 aliphatic heterocycles. The lowest BCUT2D eigenvalue weighted by molar-refractivity contribution is -0.121. The summed E-state index contributed by atoms with van der Waals surface area (Å²) in [6.07, 6.45) is 6.00. The smallest absolute Gasteiger partial charge is 0.341 e. The van der Waals surface area contributed by atoms with Crippen molar-refractivity contribution in [1.82, 2.24) is 4.90 Å². The molecule has 0 bridgehead atoms. The van der Waals surface area contributed by atoms with Gasteiger partial charge in [-0.1, -0.05) is 30.3 Å². The molecule has 1 aromatic heterocycles. The minimum absolute atomic E-state index is 0.0249. The maximum Gasteiger partial charge on any atom is 0.341 e. The Kier molecular flexibility index (Phi) is 6.85. The highest BCUT2D eigenvalue weighted by molar-refractivity contribution is 7.17. The second kappa shape index (κ2) is 9.75. The SMILES string of the molecule is CCOC(=O)c1c(NC(=O)C2CCCN(Cc3ccccc3)C2)sc2c1CCCC2. The Hall–Kier alpha value is -2.18. The number of nitrogens with zero attached hydrogens (tertiary/aromatic N) is 1. The van der Waals surface area contributed by atoms with E-state index in [9.17, 15) is 9.59 Å². The molecule has 1 aromatic carbocycles. The fourth-order valence-corrected chi connectivity index (χ4v) is 5.82. The summed E-state index contributed by atoms with van der Waals surface area (Å²) < 4.78 is 5.31. The van der Waals surface area contributed by atoms with E-state index in [2.05, 4.69) is 34.5 Å². The molecule has 1 amide bonds. The molecule has 0 radical (unpaired) electrons. The van der Waals surface area contributed by atoms with Crippen LogP contribution in [0.1, 0.15) is 59.0 Å². The quantitative estimate of drug-likeness (QED) is 0.683. The van der Waals surface area contributed by atoms with E-state index in [0.29, 0.717) is 17.2 Å². The molecule has 2 aromatic rings. The van der Waals surface area contributed by atoms with E-state index in [0.717, 1.165) is 63.7 Å². The molecule has 30 heavy (non-hydrogen) atoms. The number of amides is 1. The van der Waals surface area contributed by atoms with Gasteiger partial charge in [-0.2, -0.15) is 0 Å². The van der Waals surface area contributed by atoms with Gasteiger partial charge in [0.1, 0.15) is 5.00 Å². The molecule has 6 heteroatoms. The number of rotatable bonds is 6. The van der Waals surface area contributed by atoms with Gasteiger partial charge in [0.15, 0.2) is 0 Å². The molecular formula is C24H30N2O3S. The van der Waals surface area contributed by atoms with E-state index in [1.165, 1.54) is 10.4 Å². The van der Waals surface area contributed by atoms with Gasteiger partial charge in [0.2, 0.25) is 5.91 Å². The van der Waals surface area contributed by atoms with Crippen LogP contribution in [0.2, 0.25) is 0 Å². The van der Waals surface area contributed by atoms with E-state index in [-0.39, 0.29) is 17.8 Å². The fraction of sp³-hybridized carbons (Fsp3) is 0.500. The van der Waals surface area contributed by atoms with Gasteiger partial charge in [-0.25, -0.2) is 4.79 Å². The Morgan fingerprint density at radius 3 is 2.77 bits per heavy atom. The van der Waals surface area contributed by atoms with Crippen molar-refractivity contribution >= 4 is 28.2 Å². The number of carbonyl (C=O) groups is 2. The molecule has 0 spiro atoms. The van der Waals surface area contributed by atoms with Crippen molar-refractivity contribution in [2.75, 3.05) is 25.0 Å². The van der Waals surface area contributed by atoms with Crippen molar-refractivity contribution in [1.29, 1.82) is 0 Å². The summed E-state index contributed by atoms with van der Waals surface area (Å²) >= 11 is 1.57. The molecule has 1 aliphatic carbocycles.